The Hall–Kier alpha value is -0.570. The van der Waals surface area contributed by atoms with Crippen LogP contribution in [0.15, 0.2) is 0 Å². The molecule has 9 aliphatic carbocycles. The Morgan fingerprint density at radius 1 is 0.920 bits per heavy atom. The Labute approximate surface area is 148 Å². The van der Waals surface area contributed by atoms with Gasteiger partial charge in [0.1, 0.15) is 5.41 Å². The summed E-state index contributed by atoms with van der Waals surface area (Å²) >= 11 is 0. The smallest absolute Gasteiger partial charge is 0.315 e. The zero-order valence-electron chi connectivity index (χ0n) is 15.2. The molecule has 0 saturated heterocycles. The summed E-state index contributed by atoms with van der Waals surface area (Å²) in [5, 5.41) is 12.6. The molecular weight excluding hydrogens is 312 g/mol. The van der Waals surface area contributed by atoms with Gasteiger partial charge in [-0.05, 0) is 90.8 Å². The number of esters is 1. The van der Waals surface area contributed by atoms with Gasteiger partial charge in [-0.1, -0.05) is 13.3 Å². The lowest BCUT2D eigenvalue weighted by atomic mass is 9.43. The average Bonchev–Trinajstić information content (AvgIpc) is 3.34. The van der Waals surface area contributed by atoms with Gasteiger partial charge >= 0.3 is 5.97 Å². The standard InChI is InChI=1S/C22H28O3/c1-20-15-8-4-3-5-9(8)16-13(15)14-17-10-6-7-11(12(10)18(14)20)22(20,24)21(16,17)19(23)25-2/h8-18,24H,3-7H2,1-2H3/t8-,9+,10-,11+,12+,13+,14+,15-,16-,17+,18+,20-,21-,22+/m0/s1. The number of ether oxygens (including phenoxy) is 1. The summed E-state index contributed by atoms with van der Waals surface area (Å²) in [5.41, 5.74) is -1.30. The Morgan fingerprint density at radius 3 is 2.36 bits per heavy atom. The van der Waals surface area contributed by atoms with Crippen LogP contribution in [0.4, 0.5) is 0 Å². The lowest BCUT2D eigenvalue weighted by Gasteiger charge is -2.62. The first-order chi connectivity index (χ1) is 12.1. The number of methoxy groups -OCH3 is 1. The lowest BCUT2D eigenvalue weighted by molar-refractivity contribution is -0.262. The van der Waals surface area contributed by atoms with Crippen molar-refractivity contribution in [3.8, 4) is 0 Å². The molecule has 0 aromatic heterocycles. The number of hydrogen-bond donors (Lipinski definition) is 1. The summed E-state index contributed by atoms with van der Waals surface area (Å²) in [4.78, 5) is 13.6. The van der Waals surface area contributed by atoms with Crippen molar-refractivity contribution in [3.05, 3.63) is 0 Å². The average molecular weight is 340 g/mol. The molecule has 3 heteroatoms. The molecule has 9 saturated carbocycles. The lowest BCUT2D eigenvalue weighted by Crippen LogP contribution is -2.72. The summed E-state index contributed by atoms with van der Waals surface area (Å²) in [7, 11) is 1.58. The van der Waals surface area contributed by atoms with Crippen molar-refractivity contribution in [1.29, 1.82) is 0 Å². The SMILES string of the molecule is COC(=O)[C@@]12[C@@H]3[C@H]4CC[C@@H]5[C@@H]4[C@@H]4[C@@H]3[C@@H]3[C@H]([C@H]6CCC[C@H]6[C@@H]31)[C@]4(C)[C@]52O. The normalized spacial score (nSPS) is 76.8. The number of rotatable bonds is 1. The molecule has 9 bridgehead atoms. The summed E-state index contributed by atoms with van der Waals surface area (Å²) in [5.74, 6) is 7.12. The maximum absolute atomic E-state index is 13.6. The van der Waals surface area contributed by atoms with Crippen LogP contribution < -0.4 is 0 Å². The molecular formula is C22H28O3. The van der Waals surface area contributed by atoms with Gasteiger partial charge in [0.25, 0.3) is 0 Å². The molecule has 0 aromatic rings. The van der Waals surface area contributed by atoms with Crippen molar-refractivity contribution >= 4 is 5.97 Å². The third-order valence-electron chi connectivity index (χ3n) is 12.2. The summed E-state index contributed by atoms with van der Waals surface area (Å²) in [6, 6.07) is 0. The van der Waals surface area contributed by atoms with Crippen LogP contribution in [-0.2, 0) is 9.53 Å². The van der Waals surface area contributed by atoms with E-state index in [4.69, 9.17) is 4.74 Å². The van der Waals surface area contributed by atoms with Gasteiger partial charge in [0.05, 0.1) is 12.7 Å². The fourth-order valence-electron chi connectivity index (χ4n) is 13.0. The Kier molecular flexibility index (Phi) is 1.81. The monoisotopic (exact) mass is 340 g/mol. The first-order valence-corrected chi connectivity index (χ1v) is 10.9. The van der Waals surface area contributed by atoms with Crippen LogP contribution in [0.2, 0.25) is 0 Å². The predicted molar refractivity (Wildman–Crippen MR) is 89.0 cm³/mol. The van der Waals surface area contributed by atoms with Gasteiger partial charge in [-0.25, -0.2) is 0 Å². The summed E-state index contributed by atoms with van der Waals surface area (Å²) in [6.45, 7) is 2.45. The van der Waals surface area contributed by atoms with Crippen LogP contribution in [0.3, 0.4) is 0 Å². The van der Waals surface area contributed by atoms with Gasteiger partial charge in [-0.3, -0.25) is 4.79 Å². The first kappa shape index (κ1) is 13.6. The van der Waals surface area contributed by atoms with Gasteiger partial charge < -0.3 is 9.84 Å². The second kappa shape index (κ2) is 3.34. The highest BCUT2D eigenvalue weighted by atomic mass is 16.5. The second-order valence-corrected chi connectivity index (χ2v) is 11.4. The van der Waals surface area contributed by atoms with Crippen molar-refractivity contribution in [2.45, 2.75) is 44.6 Å². The van der Waals surface area contributed by atoms with Crippen molar-refractivity contribution < 1.29 is 14.6 Å². The Balaban J connectivity index is 1.53. The maximum atomic E-state index is 13.6. The van der Waals surface area contributed by atoms with E-state index >= 15 is 0 Å². The van der Waals surface area contributed by atoms with E-state index in [2.05, 4.69) is 6.92 Å². The molecule has 0 amide bonds. The minimum Gasteiger partial charge on any atom is -0.468 e. The molecule has 9 aliphatic rings. The summed E-state index contributed by atoms with van der Waals surface area (Å²) in [6.07, 6.45) is 6.43. The quantitative estimate of drug-likeness (QED) is 0.747. The molecule has 9 rings (SSSR count). The van der Waals surface area contributed by atoms with Gasteiger partial charge in [-0.2, -0.15) is 0 Å². The maximum Gasteiger partial charge on any atom is 0.315 e. The zero-order chi connectivity index (χ0) is 16.7. The third kappa shape index (κ3) is 0.822. The molecule has 134 valence electrons. The largest absolute Gasteiger partial charge is 0.468 e. The van der Waals surface area contributed by atoms with E-state index in [-0.39, 0.29) is 11.4 Å². The molecule has 25 heavy (non-hydrogen) atoms. The van der Waals surface area contributed by atoms with Crippen LogP contribution in [0.25, 0.3) is 0 Å². The van der Waals surface area contributed by atoms with E-state index in [1.807, 2.05) is 0 Å². The molecule has 9 fully saturated rings. The van der Waals surface area contributed by atoms with Crippen LogP contribution in [0.1, 0.15) is 39.0 Å². The highest BCUT2D eigenvalue weighted by molar-refractivity contribution is 5.83. The zero-order valence-corrected chi connectivity index (χ0v) is 15.2. The molecule has 1 N–H and O–H groups in total. The molecule has 0 radical (unpaired) electrons. The number of carbonyl (C=O) groups excluding carboxylic acids is 1. The number of hydrogen-bond acceptors (Lipinski definition) is 3. The van der Waals surface area contributed by atoms with E-state index in [0.29, 0.717) is 35.5 Å². The van der Waals surface area contributed by atoms with Gasteiger partial charge in [0.15, 0.2) is 0 Å². The highest BCUT2D eigenvalue weighted by Crippen LogP contribution is 2.98. The van der Waals surface area contributed by atoms with E-state index < -0.39 is 11.0 Å². The van der Waals surface area contributed by atoms with Crippen molar-refractivity contribution in [1.82, 2.24) is 0 Å². The predicted octanol–water partition coefficient (Wildman–Crippen LogP) is 2.72. The fourth-order valence-corrected chi connectivity index (χ4v) is 13.0. The van der Waals surface area contributed by atoms with Gasteiger partial charge in [0.2, 0.25) is 0 Å². The van der Waals surface area contributed by atoms with Crippen LogP contribution >= 0.6 is 0 Å². The van der Waals surface area contributed by atoms with Crippen LogP contribution in [0, 0.1) is 75.9 Å². The second-order valence-electron chi connectivity index (χ2n) is 11.4. The first-order valence-electron chi connectivity index (χ1n) is 10.9. The molecule has 0 heterocycles. The van der Waals surface area contributed by atoms with Crippen molar-refractivity contribution in [2.24, 2.45) is 75.9 Å². The molecule has 0 spiro atoms. The van der Waals surface area contributed by atoms with Crippen molar-refractivity contribution in [2.75, 3.05) is 7.11 Å². The Morgan fingerprint density at radius 2 is 1.60 bits per heavy atom. The topological polar surface area (TPSA) is 46.5 Å². The fraction of sp³-hybridized carbons (Fsp3) is 0.955. The van der Waals surface area contributed by atoms with Gasteiger partial charge in [-0.15, -0.1) is 0 Å². The number of fused-ring (bicyclic) bond motifs is 1. The number of carbonyl (C=O) groups is 1. The van der Waals surface area contributed by atoms with E-state index in [0.717, 1.165) is 29.6 Å². The van der Waals surface area contributed by atoms with Gasteiger partial charge in [0, 0.05) is 5.41 Å². The van der Waals surface area contributed by atoms with E-state index in [9.17, 15) is 9.90 Å². The van der Waals surface area contributed by atoms with Crippen LogP contribution in [-0.4, -0.2) is 23.8 Å². The molecule has 3 nitrogen and oxygen atoms in total. The minimum atomic E-state index is -0.761. The van der Waals surface area contributed by atoms with Crippen molar-refractivity contribution in [3.63, 3.8) is 0 Å². The molecule has 0 unspecified atom stereocenters. The minimum absolute atomic E-state index is 0.00220. The molecule has 0 aliphatic heterocycles. The highest BCUT2D eigenvalue weighted by Gasteiger charge is 3.01. The Bertz CT molecular complexity index is 762. The number of aliphatic hydroxyl groups is 1. The summed E-state index contributed by atoms with van der Waals surface area (Å²) < 4.78 is 5.56. The third-order valence-corrected chi connectivity index (χ3v) is 12.2. The van der Waals surface area contributed by atoms with E-state index in [1.54, 1.807) is 7.11 Å². The van der Waals surface area contributed by atoms with E-state index in [1.165, 1.54) is 32.1 Å². The molecule has 14 atom stereocenters. The molecule has 0 aromatic carbocycles. The van der Waals surface area contributed by atoms with Crippen LogP contribution in [0.5, 0.6) is 0 Å².